The molecule has 1 heterocycles. The van der Waals surface area contributed by atoms with E-state index in [0.717, 1.165) is 14.5 Å². The van der Waals surface area contributed by atoms with E-state index in [1.54, 1.807) is 36.6 Å². The molecular formula is C16H14INO4S. The molecule has 120 valence electrons. The van der Waals surface area contributed by atoms with Gasteiger partial charge in [0, 0.05) is 5.39 Å². The van der Waals surface area contributed by atoms with Crippen molar-refractivity contribution in [3.05, 3.63) is 51.8 Å². The van der Waals surface area contributed by atoms with Crippen molar-refractivity contribution in [3.63, 3.8) is 0 Å². The Morgan fingerprint density at radius 1 is 1.17 bits per heavy atom. The lowest BCUT2D eigenvalue weighted by molar-refractivity contribution is 0.417. The highest BCUT2D eigenvalue weighted by Gasteiger charge is 2.19. The van der Waals surface area contributed by atoms with E-state index < -0.39 is 10.0 Å². The van der Waals surface area contributed by atoms with E-state index in [4.69, 9.17) is 9.15 Å². The smallest absolute Gasteiger partial charge is 0.262 e. The minimum absolute atomic E-state index is 0.180. The number of hydrogen-bond donors (Lipinski definition) is 1. The summed E-state index contributed by atoms with van der Waals surface area (Å²) in [5.74, 6) is 0.471. The zero-order valence-electron chi connectivity index (χ0n) is 12.5. The van der Waals surface area contributed by atoms with Gasteiger partial charge in [-0.2, -0.15) is 0 Å². The number of rotatable bonds is 4. The van der Waals surface area contributed by atoms with Gasteiger partial charge < -0.3 is 9.15 Å². The number of ether oxygens (including phenoxy) is 1. The van der Waals surface area contributed by atoms with Crippen molar-refractivity contribution >= 4 is 49.3 Å². The molecule has 7 heteroatoms. The molecule has 0 fully saturated rings. The molecule has 3 rings (SSSR count). The van der Waals surface area contributed by atoms with Crippen LogP contribution >= 0.6 is 22.6 Å². The molecule has 0 saturated carbocycles. The van der Waals surface area contributed by atoms with Crippen molar-refractivity contribution in [1.29, 1.82) is 0 Å². The van der Waals surface area contributed by atoms with Gasteiger partial charge in [-0.25, -0.2) is 8.42 Å². The monoisotopic (exact) mass is 443 g/mol. The zero-order valence-corrected chi connectivity index (χ0v) is 15.4. The topological polar surface area (TPSA) is 68.5 Å². The molecule has 0 radical (unpaired) electrons. The van der Waals surface area contributed by atoms with Gasteiger partial charge in [-0.1, -0.05) is 6.07 Å². The number of anilines is 1. The molecule has 0 amide bonds. The van der Waals surface area contributed by atoms with Gasteiger partial charge in [0.2, 0.25) is 0 Å². The lowest BCUT2D eigenvalue weighted by Crippen LogP contribution is -2.14. The van der Waals surface area contributed by atoms with Gasteiger partial charge in [-0.3, -0.25) is 4.72 Å². The third-order valence-electron chi connectivity index (χ3n) is 3.39. The van der Waals surface area contributed by atoms with Crippen LogP contribution in [0.4, 0.5) is 5.69 Å². The van der Waals surface area contributed by atoms with E-state index in [-0.39, 0.29) is 4.90 Å². The normalized spacial score (nSPS) is 11.6. The lowest BCUT2D eigenvalue weighted by Gasteiger charge is -2.13. The number of halogens is 1. The van der Waals surface area contributed by atoms with Crippen LogP contribution in [-0.4, -0.2) is 15.5 Å². The molecule has 3 aromatic rings. The maximum atomic E-state index is 12.7. The van der Waals surface area contributed by atoms with Gasteiger partial charge in [-0.15, -0.1) is 0 Å². The van der Waals surface area contributed by atoms with E-state index in [9.17, 15) is 8.42 Å². The van der Waals surface area contributed by atoms with Crippen LogP contribution in [-0.2, 0) is 10.0 Å². The molecule has 0 aliphatic heterocycles. The van der Waals surface area contributed by atoms with Gasteiger partial charge in [0.25, 0.3) is 10.0 Å². The number of methoxy groups -OCH3 is 1. The number of furan rings is 1. The standard InChI is InChI=1S/C16H14INO4S/c1-10-3-4-15(21-2)14(7-10)18-23(19,20)12-8-11-5-6-22-16(11)13(17)9-12/h3-9,18H,1-2H3. The third-order valence-corrected chi connectivity index (χ3v) is 5.54. The SMILES string of the molecule is COc1ccc(C)cc1NS(=O)(=O)c1cc(I)c2occc2c1. The summed E-state index contributed by atoms with van der Waals surface area (Å²) in [5, 5.41) is 0.744. The van der Waals surface area contributed by atoms with E-state index in [1.807, 2.05) is 13.0 Å². The fraction of sp³-hybridized carbons (Fsp3) is 0.125. The maximum Gasteiger partial charge on any atom is 0.262 e. The van der Waals surface area contributed by atoms with Crippen molar-refractivity contribution in [1.82, 2.24) is 0 Å². The molecule has 0 bridgehead atoms. The average Bonchev–Trinajstić information content (AvgIpc) is 2.96. The molecule has 0 atom stereocenters. The first-order chi connectivity index (χ1) is 10.9. The summed E-state index contributed by atoms with van der Waals surface area (Å²) in [5.41, 5.74) is 2.02. The fourth-order valence-electron chi connectivity index (χ4n) is 2.27. The first kappa shape index (κ1) is 16.1. The molecule has 23 heavy (non-hydrogen) atoms. The third kappa shape index (κ3) is 3.16. The van der Waals surface area contributed by atoms with Crippen molar-refractivity contribution in [2.75, 3.05) is 11.8 Å². The van der Waals surface area contributed by atoms with Gasteiger partial charge in [0.1, 0.15) is 11.3 Å². The second kappa shape index (κ2) is 6.04. The van der Waals surface area contributed by atoms with Gasteiger partial charge in [0.15, 0.2) is 0 Å². The maximum absolute atomic E-state index is 12.7. The Labute approximate surface area is 147 Å². The highest BCUT2D eigenvalue weighted by molar-refractivity contribution is 14.1. The number of aryl methyl sites for hydroxylation is 1. The Bertz CT molecular complexity index is 979. The van der Waals surface area contributed by atoms with Gasteiger partial charge >= 0.3 is 0 Å². The summed E-state index contributed by atoms with van der Waals surface area (Å²) in [6.07, 6.45) is 1.54. The fourth-order valence-corrected chi connectivity index (χ4v) is 4.38. The van der Waals surface area contributed by atoms with Crippen LogP contribution in [0.3, 0.4) is 0 Å². The van der Waals surface area contributed by atoms with Crippen LogP contribution in [0.2, 0.25) is 0 Å². The largest absolute Gasteiger partial charge is 0.495 e. The lowest BCUT2D eigenvalue weighted by atomic mass is 10.2. The second-order valence-electron chi connectivity index (χ2n) is 5.05. The van der Waals surface area contributed by atoms with Crippen LogP contribution in [0, 0.1) is 10.5 Å². The quantitative estimate of drug-likeness (QED) is 0.616. The molecular weight excluding hydrogens is 429 g/mol. The summed E-state index contributed by atoms with van der Waals surface area (Å²) in [4.78, 5) is 0.180. The summed E-state index contributed by atoms with van der Waals surface area (Å²) in [6.45, 7) is 1.89. The molecule has 0 aliphatic rings. The Kier molecular flexibility index (Phi) is 4.24. The summed E-state index contributed by atoms with van der Waals surface area (Å²) >= 11 is 2.06. The van der Waals surface area contributed by atoms with E-state index in [1.165, 1.54) is 7.11 Å². The van der Waals surface area contributed by atoms with Crippen LogP contribution in [0.15, 0.2) is 52.0 Å². The molecule has 1 aromatic heterocycles. The Balaban J connectivity index is 2.05. The van der Waals surface area contributed by atoms with Crippen molar-refractivity contribution in [3.8, 4) is 5.75 Å². The van der Waals surface area contributed by atoms with Crippen LogP contribution in [0.5, 0.6) is 5.75 Å². The number of benzene rings is 2. The Hall–Kier alpha value is -1.74. The zero-order chi connectivity index (χ0) is 16.6. The highest BCUT2D eigenvalue weighted by atomic mass is 127. The summed E-state index contributed by atoms with van der Waals surface area (Å²) in [7, 11) is -2.23. The Morgan fingerprint density at radius 2 is 1.96 bits per heavy atom. The molecule has 0 spiro atoms. The molecule has 1 N–H and O–H groups in total. The minimum Gasteiger partial charge on any atom is -0.495 e. The molecule has 0 saturated heterocycles. The Morgan fingerprint density at radius 3 is 2.70 bits per heavy atom. The number of hydrogen-bond acceptors (Lipinski definition) is 4. The van der Waals surface area contributed by atoms with Crippen LogP contribution < -0.4 is 9.46 Å². The van der Waals surface area contributed by atoms with Crippen molar-refractivity contribution in [2.45, 2.75) is 11.8 Å². The number of sulfonamides is 1. The summed E-state index contributed by atoms with van der Waals surface area (Å²) in [6, 6.07) is 10.2. The number of fused-ring (bicyclic) bond motifs is 1. The molecule has 2 aromatic carbocycles. The summed E-state index contributed by atoms with van der Waals surface area (Å²) < 4.78 is 39.3. The predicted molar refractivity (Wildman–Crippen MR) is 97.5 cm³/mol. The van der Waals surface area contributed by atoms with Gasteiger partial charge in [0.05, 0.1) is 27.5 Å². The molecule has 0 aliphatic carbocycles. The van der Waals surface area contributed by atoms with Crippen molar-refractivity contribution < 1.29 is 17.6 Å². The first-order valence-corrected chi connectivity index (χ1v) is 9.31. The van der Waals surface area contributed by atoms with E-state index >= 15 is 0 Å². The van der Waals surface area contributed by atoms with Crippen LogP contribution in [0.25, 0.3) is 11.0 Å². The number of nitrogens with one attached hydrogen (secondary N) is 1. The van der Waals surface area contributed by atoms with E-state index in [2.05, 4.69) is 27.3 Å². The predicted octanol–water partition coefficient (Wildman–Crippen LogP) is 4.16. The highest BCUT2D eigenvalue weighted by Crippen LogP contribution is 2.30. The molecule has 5 nitrogen and oxygen atoms in total. The average molecular weight is 443 g/mol. The minimum atomic E-state index is -3.73. The van der Waals surface area contributed by atoms with E-state index in [0.29, 0.717) is 17.0 Å². The molecule has 0 unspecified atom stereocenters. The van der Waals surface area contributed by atoms with Crippen LogP contribution in [0.1, 0.15) is 5.56 Å². The van der Waals surface area contributed by atoms with Gasteiger partial charge in [-0.05, 0) is 65.4 Å². The first-order valence-electron chi connectivity index (χ1n) is 6.75. The second-order valence-corrected chi connectivity index (χ2v) is 7.90. The van der Waals surface area contributed by atoms with Crippen molar-refractivity contribution in [2.24, 2.45) is 0 Å².